The van der Waals surface area contributed by atoms with Crippen LogP contribution in [0.3, 0.4) is 0 Å². The molecule has 0 saturated heterocycles. The van der Waals surface area contributed by atoms with Gasteiger partial charge in [0.15, 0.2) is 0 Å². The zero-order valence-corrected chi connectivity index (χ0v) is 4.76. The van der Waals surface area contributed by atoms with Gasteiger partial charge in [0.25, 0.3) is 0 Å². The molecule has 0 amide bonds. The monoisotopic (exact) mass is 118 g/mol. The summed E-state index contributed by atoms with van der Waals surface area (Å²) >= 11 is 0. The van der Waals surface area contributed by atoms with Gasteiger partial charge in [0.1, 0.15) is 6.61 Å². The van der Waals surface area contributed by atoms with Gasteiger partial charge in [0, 0.05) is 6.61 Å². The van der Waals surface area contributed by atoms with Crippen LogP contribution in [0.2, 0.25) is 0 Å². The van der Waals surface area contributed by atoms with Gasteiger partial charge in [-0.3, -0.25) is 0 Å². The molecule has 2 radical (unpaired) electrons. The molecule has 0 fully saturated rings. The Morgan fingerprint density at radius 1 is 1.00 bits per heavy atom. The zero-order valence-electron chi connectivity index (χ0n) is 4.76. The van der Waals surface area contributed by atoms with Gasteiger partial charge < -0.3 is 4.74 Å². The van der Waals surface area contributed by atoms with Crippen LogP contribution < -0.4 is 0 Å². The van der Waals surface area contributed by atoms with Gasteiger partial charge in [-0.2, -0.15) is 0 Å². The lowest BCUT2D eigenvalue weighted by atomic mass is 10.5. The molecule has 3 nitrogen and oxygen atoms in total. The third-order valence-electron chi connectivity index (χ3n) is 0.661. The lowest BCUT2D eigenvalue weighted by Gasteiger charge is -1.95. The minimum Gasteiger partial charge on any atom is -0.379 e. The molecule has 48 valence electrons. The second-order valence-corrected chi connectivity index (χ2v) is 1.37. The van der Waals surface area contributed by atoms with Gasteiger partial charge in [-0.1, -0.05) is 0 Å². The van der Waals surface area contributed by atoms with Crippen LogP contribution in [0.5, 0.6) is 0 Å². The van der Waals surface area contributed by atoms with Crippen molar-refractivity contribution in [2.75, 3.05) is 26.4 Å². The van der Waals surface area contributed by atoms with Crippen molar-refractivity contribution >= 4 is 0 Å². The molecule has 0 rings (SSSR count). The molecule has 0 unspecified atom stereocenters. The predicted octanol–water partition coefficient (Wildman–Crippen LogP) is 0.254. The first-order valence-corrected chi connectivity index (χ1v) is 2.65. The predicted molar refractivity (Wildman–Crippen MR) is 26.5 cm³/mol. The molecule has 8 heavy (non-hydrogen) atoms. The van der Waals surface area contributed by atoms with Crippen LogP contribution >= 0.6 is 0 Å². The van der Waals surface area contributed by atoms with E-state index in [1.807, 2.05) is 0 Å². The molecular formula is C5H10O3. The van der Waals surface area contributed by atoms with Crippen molar-refractivity contribution in [1.29, 1.82) is 0 Å². The number of hydrogen-bond donors (Lipinski definition) is 0. The molecule has 0 heterocycles. The summed E-state index contributed by atoms with van der Waals surface area (Å²) in [5.74, 6) is 0. The van der Waals surface area contributed by atoms with E-state index >= 15 is 0 Å². The molecule has 0 saturated carbocycles. The van der Waals surface area contributed by atoms with Crippen molar-refractivity contribution in [2.45, 2.75) is 6.42 Å². The lowest BCUT2D eigenvalue weighted by Crippen LogP contribution is -2.00. The first-order chi connectivity index (χ1) is 3.91. The van der Waals surface area contributed by atoms with Crippen LogP contribution in [0.15, 0.2) is 0 Å². The Morgan fingerprint density at radius 2 is 1.75 bits per heavy atom. The van der Waals surface area contributed by atoms with Crippen LogP contribution in [0.1, 0.15) is 6.42 Å². The fourth-order valence-corrected chi connectivity index (χ4v) is 0.322. The van der Waals surface area contributed by atoms with Crippen molar-refractivity contribution in [3.8, 4) is 0 Å². The number of rotatable bonds is 5. The molecule has 3 heteroatoms. The van der Waals surface area contributed by atoms with Crippen LogP contribution in [-0.2, 0) is 14.9 Å². The van der Waals surface area contributed by atoms with E-state index < -0.39 is 0 Å². The van der Waals surface area contributed by atoms with Crippen LogP contribution in [0.25, 0.3) is 0 Å². The molecule has 0 atom stereocenters. The van der Waals surface area contributed by atoms with Gasteiger partial charge in [0.2, 0.25) is 0 Å². The summed E-state index contributed by atoms with van der Waals surface area (Å²) in [5, 5.41) is 19.4. The molecule has 0 aliphatic carbocycles. The Bertz CT molecular complexity index is 32.7. The highest BCUT2D eigenvalue weighted by atomic mass is 16.5. The SMILES string of the molecule is [O]CCCOCC[O]. The summed E-state index contributed by atoms with van der Waals surface area (Å²) in [6, 6.07) is 0. The highest BCUT2D eigenvalue weighted by Crippen LogP contribution is 1.78. The van der Waals surface area contributed by atoms with Crippen molar-refractivity contribution < 1.29 is 14.9 Å². The summed E-state index contributed by atoms with van der Waals surface area (Å²) in [6.07, 6.45) is 0.514. The Kier molecular flexibility index (Phi) is 6.78. The second-order valence-electron chi connectivity index (χ2n) is 1.37. The maximum atomic E-state index is 9.73. The zero-order chi connectivity index (χ0) is 6.24. The average Bonchev–Trinajstić information content (AvgIpc) is 1.81. The van der Waals surface area contributed by atoms with Crippen molar-refractivity contribution in [3.05, 3.63) is 0 Å². The summed E-state index contributed by atoms with van der Waals surface area (Å²) in [4.78, 5) is 0. The minimum absolute atomic E-state index is 0.112. The van der Waals surface area contributed by atoms with Crippen molar-refractivity contribution in [3.63, 3.8) is 0 Å². The quantitative estimate of drug-likeness (QED) is 0.477. The molecule has 0 spiro atoms. The molecule has 0 aliphatic heterocycles. The Balaban J connectivity index is 2.53. The van der Waals surface area contributed by atoms with Crippen molar-refractivity contribution in [2.24, 2.45) is 0 Å². The van der Waals surface area contributed by atoms with E-state index in [4.69, 9.17) is 4.74 Å². The van der Waals surface area contributed by atoms with E-state index in [0.717, 1.165) is 0 Å². The molecule has 0 aromatic rings. The average molecular weight is 118 g/mol. The van der Waals surface area contributed by atoms with Gasteiger partial charge >= 0.3 is 0 Å². The van der Waals surface area contributed by atoms with E-state index in [9.17, 15) is 10.2 Å². The lowest BCUT2D eigenvalue weighted by molar-refractivity contribution is 0.0510. The minimum atomic E-state index is -0.209. The Hall–Kier alpha value is -0.120. The largest absolute Gasteiger partial charge is 0.379 e. The first kappa shape index (κ1) is 7.88. The van der Waals surface area contributed by atoms with Gasteiger partial charge in [-0.05, 0) is 6.42 Å². The highest BCUT2D eigenvalue weighted by molar-refractivity contribution is 4.30. The number of hydrogen-bond acceptors (Lipinski definition) is 1. The number of ether oxygens (including phenoxy) is 1. The standard InChI is InChI=1S/C5H10O3/c6-2-1-4-8-5-3-7/h1-5H2. The third-order valence-corrected chi connectivity index (χ3v) is 0.661. The summed E-state index contributed by atoms with van der Waals surface area (Å²) < 4.78 is 4.71. The van der Waals surface area contributed by atoms with Crippen molar-refractivity contribution in [1.82, 2.24) is 0 Å². The van der Waals surface area contributed by atoms with E-state index in [0.29, 0.717) is 13.0 Å². The summed E-state index contributed by atoms with van der Waals surface area (Å²) in [5.41, 5.74) is 0. The maximum Gasteiger partial charge on any atom is 0.106 e. The van der Waals surface area contributed by atoms with E-state index in [2.05, 4.69) is 0 Å². The van der Waals surface area contributed by atoms with Crippen LogP contribution in [0.4, 0.5) is 0 Å². The summed E-state index contributed by atoms with van der Waals surface area (Å²) in [7, 11) is 0. The first-order valence-electron chi connectivity index (χ1n) is 2.65. The maximum absolute atomic E-state index is 9.73. The molecule has 0 N–H and O–H groups in total. The van der Waals surface area contributed by atoms with E-state index in [1.165, 1.54) is 0 Å². The van der Waals surface area contributed by atoms with E-state index in [1.54, 1.807) is 0 Å². The summed E-state index contributed by atoms with van der Waals surface area (Å²) in [6.45, 7) is 0.351. The fourth-order valence-electron chi connectivity index (χ4n) is 0.322. The van der Waals surface area contributed by atoms with Gasteiger partial charge in [-0.25, -0.2) is 10.2 Å². The van der Waals surface area contributed by atoms with Crippen LogP contribution in [0, 0.1) is 0 Å². The highest BCUT2D eigenvalue weighted by Gasteiger charge is 1.84. The molecule has 0 bridgehead atoms. The molecular weight excluding hydrogens is 108 g/mol. The normalized spacial score (nSPS) is 9.75. The molecule has 0 aromatic carbocycles. The fraction of sp³-hybridized carbons (Fsp3) is 1.00. The van der Waals surface area contributed by atoms with Gasteiger partial charge in [-0.15, -0.1) is 0 Å². The van der Waals surface area contributed by atoms with Crippen LogP contribution in [-0.4, -0.2) is 26.4 Å². The second kappa shape index (κ2) is 6.88. The Morgan fingerprint density at radius 3 is 2.25 bits per heavy atom. The smallest absolute Gasteiger partial charge is 0.106 e. The third kappa shape index (κ3) is 5.88. The van der Waals surface area contributed by atoms with Gasteiger partial charge in [0.05, 0.1) is 13.2 Å². The molecule has 0 aromatic heterocycles. The Labute approximate surface area is 48.9 Å². The molecule has 0 aliphatic rings. The topological polar surface area (TPSA) is 49.0 Å². The van der Waals surface area contributed by atoms with E-state index in [-0.39, 0.29) is 19.8 Å².